The van der Waals surface area contributed by atoms with Gasteiger partial charge in [0, 0.05) is 36.9 Å². The first-order chi connectivity index (χ1) is 18.4. The molecule has 10 heteroatoms. The van der Waals surface area contributed by atoms with Crippen LogP contribution in [-0.4, -0.2) is 63.7 Å². The predicted molar refractivity (Wildman–Crippen MR) is 144 cm³/mol. The number of carbonyl (C=O) groups is 2. The lowest BCUT2D eigenvalue weighted by molar-refractivity contribution is -0.127. The number of aliphatic hydroxyl groups is 1. The van der Waals surface area contributed by atoms with Crippen molar-refractivity contribution in [3.63, 3.8) is 0 Å². The number of fused-ring (bicyclic) bond motifs is 1. The van der Waals surface area contributed by atoms with Gasteiger partial charge < -0.3 is 25.4 Å². The number of benzene rings is 2. The van der Waals surface area contributed by atoms with Crippen LogP contribution >= 0.6 is 11.6 Å². The van der Waals surface area contributed by atoms with Crippen molar-refractivity contribution in [2.24, 2.45) is 0 Å². The highest BCUT2D eigenvalue weighted by molar-refractivity contribution is 6.33. The molecule has 1 saturated heterocycles. The Bertz CT molecular complexity index is 1320. The Morgan fingerprint density at radius 1 is 1.21 bits per heavy atom. The SMILES string of the molecule is C[C@@H](NC(=O)C(CO)N1Cc2ccc(-c3nc(NC4CCOCC4)ncc3Cl)cc2C1=O)c1ccccc1. The van der Waals surface area contributed by atoms with Gasteiger partial charge >= 0.3 is 0 Å². The van der Waals surface area contributed by atoms with Crippen LogP contribution in [0.2, 0.25) is 5.02 Å². The Balaban J connectivity index is 1.33. The van der Waals surface area contributed by atoms with Crippen molar-refractivity contribution in [3.05, 3.63) is 76.4 Å². The Kier molecular flexibility index (Phi) is 7.87. The van der Waals surface area contributed by atoms with E-state index in [-0.39, 0.29) is 24.5 Å². The number of hydrogen-bond donors (Lipinski definition) is 3. The number of carbonyl (C=O) groups excluding carboxylic acids is 2. The molecule has 0 spiro atoms. The van der Waals surface area contributed by atoms with Gasteiger partial charge in [0.2, 0.25) is 11.9 Å². The first-order valence-corrected chi connectivity index (χ1v) is 13.1. The smallest absolute Gasteiger partial charge is 0.255 e. The van der Waals surface area contributed by atoms with E-state index < -0.39 is 18.6 Å². The molecule has 1 fully saturated rings. The highest BCUT2D eigenvalue weighted by Crippen LogP contribution is 2.32. The second-order valence-corrected chi connectivity index (χ2v) is 9.97. The minimum atomic E-state index is -1.01. The minimum Gasteiger partial charge on any atom is -0.394 e. The maximum atomic E-state index is 13.4. The minimum absolute atomic E-state index is 0.221. The molecule has 0 saturated carbocycles. The number of ether oxygens (including phenoxy) is 1. The lowest BCUT2D eigenvalue weighted by Gasteiger charge is -2.26. The molecule has 2 atom stereocenters. The second kappa shape index (κ2) is 11.5. The van der Waals surface area contributed by atoms with Gasteiger partial charge in [-0.1, -0.05) is 54.1 Å². The summed E-state index contributed by atoms with van der Waals surface area (Å²) in [6.45, 7) is 2.99. The maximum Gasteiger partial charge on any atom is 0.255 e. The number of aromatic nitrogens is 2. The van der Waals surface area contributed by atoms with E-state index in [0.717, 1.165) is 24.0 Å². The molecular formula is C28H30ClN5O4. The van der Waals surface area contributed by atoms with E-state index >= 15 is 0 Å². The summed E-state index contributed by atoms with van der Waals surface area (Å²) in [6, 6.07) is 13.9. The van der Waals surface area contributed by atoms with Crippen LogP contribution in [0.3, 0.4) is 0 Å². The molecule has 198 valence electrons. The number of anilines is 1. The van der Waals surface area contributed by atoms with Crippen LogP contribution in [0.1, 0.15) is 47.3 Å². The highest BCUT2D eigenvalue weighted by Gasteiger charge is 2.37. The highest BCUT2D eigenvalue weighted by atomic mass is 35.5. The Morgan fingerprint density at radius 3 is 2.71 bits per heavy atom. The second-order valence-electron chi connectivity index (χ2n) is 9.57. The van der Waals surface area contributed by atoms with E-state index in [1.807, 2.05) is 49.4 Å². The average molecular weight is 536 g/mol. The van der Waals surface area contributed by atoms with Gasteiger partial charge in [0.1, 0.15) is 6.04 Å². The fourth-order valence-electron chi connectivity index (χ4n) is 4.84. The fourth-order valence-corrected chi connectivity index (χ4v) is 5.04. The van der Waals surface area contributed by atoms with Crippen LogP contribution in [0, 0.1) is 0 Å². The molecule has 1 unspecified atom stereocenters. The van der Waals surface area contributed by atoms with Gasteiger partial charge in [0.25, 0.3) is 5.91 Å². The molecule has 0 bridgehead atoms. The quantitative estimate of drug-likeness (QED) is 0.403. The van der Waals surface area contributed by atoms with Crippen LogP contribution in [0.5, 0.6) is 0 Å². The van der Waals surface area contributed by atoms with Gasteiger partial charge in [0.05, 0.1) is 29.6 Å². The summed E-state index contributed by atoms with van der Waals surface area (Å²) < 4.78 is 5.41. The Morgan fingerprint density at radius 2 is 1.97 bits per heavy atom. The summed E-state index contributed by atoms with van der Waals surface area (Å²) in [4.78, 5) is 36.8. The molecule has 3 N–H and O–H groups in total. The zero-order valence-corrected chi connectivity index (χ0v) is 21.8. The van der Waals surface area contributed by atoms with Crippen LogP contribution in [0.25, 0.3) is 11.3 Å². The lowest BCUT2D eigenvalue weighted by atomic mass is 10.0. The van der Waals surface area contributed by atoms with E-state index in [1.54, 1.807) is 12.3 Å². The summed E-state index contributed by atoms with van der Waals surface area (Å²) in [5.41, 5.74) is 3.35. The van der Waals surface area contributed by atoms with E-state index in [1.165, 1.54) is 4.90 Å². The molecule has 3 heterocycles. The zero-order chi connectivity index (χ0) is 26.6. The van der Waals surface area contributed by atoms with Gasteiger partial charge in [-0.05, 0) is 37.0 Å². The molecule has 5 rings (SSSR count). The molecule has 2 aliphatic heterocycles. The molecule has 9 nitrogen and oxygen atoms in total. The predicted octanol–water partition coefficient (Wildman–Crippen LogP) is 3.58. The third-order valence-electron chi connectivity index (χ3n) is 7.02. The molecule has 2 aliphatic rings. The number of rotatable bonds is 8. The number of amides is 2. The monoisotopic (exact) mass is 535 g/mol. The largest absolute Gasteiger partial charge is 0.394 e. The summed E-state index contributed by atoms with van der Waals surface area (Å²) >= 11 is 6.45. The van der Waals surface area contributed by atoms with Gasteiger partial charge in [-0.25, -0.2) is 9.97 Å². The molecule has 3 aromatic rings. The lowest BCUT2D eigenvalue weighted by Crippen LogP contribution is -2.49. The van der Waals surface area contributed by atoms with Gasteiger partial charge in [-0.15, -0.1) is 0 Å². The maximum absolute atomic E-state index is 13.4. The molecular weight excluding hydrogens is 506 g/mol. The summed E-state index contributed by atoms with van der Waals surface area (Å²) in [6.07, 6.45) is 3.29. The average Bonchev–Trinajstić information content (AvgIpc) is 3.26. The van der Waals surface area contributed by atoms with E-state index in [0.29, 0.717) is 41.0 Å². The molecule has 2 amide bonds. The molecule has 2 aromatic carbocycles. The summed E-state index contributed by atoms with van der Waals surface area (Å²) in [5, 5.41) is 16.7. The molecule has 0 aliphatic carbocycles. The topological polar surface area (TPSA) is 117 Å². The number of aliphatic hydroxyl groups excluding tert-OH is 1. The van der Waals surface area contributed by atoms with E-state index in [9.17, 15) is 14.7 Å². The number of nitrogens with one attached hydrogen (secondary N) is 2. The molecule has 0 radical (unpaired) electrons. The van der Waals surface area contributed by atoms with Crippen LogP contribution < -0.4 is 10.6 Å². The van der Waals surface area contributed by atoms with Crippen LogP contribution in [0.15, 0.2) is 54.7 Å². The van der Waals surface area contributed by atoms with Gasteiger partial charge in [-0.2, -0.15) is 0 Å². The van der Waals surface area contributed by atoms with E-state index in [4.69, 9.17) is 16.3 Å². The van der Waals surface area contributed by atoms with Crippen molar-refractivity contribution in [3.8, 4) is 11.3 Å². The van der Waals surface area contributed by atoms with Crippen molar-refractivity contribution in [2.75, 3.05) is 25.1 Å². The zero-order valence-electron chi connectivity index (χ0n) is 21.1. The van der Waals surface area contributed by atoms with Gasteiger partial charge in [-0.3, -0.25) is 9.59 Å². The van der Waals surface area contributed by atoms with E-state index in [2.05, 4.69) is 20.6 Å². The Hall–Kier alpha value is -3.53. The van der Waals surface area contributed by atoms with Crippen LogP contribution in [0.4, 0.5) is 5.95 Å². The van der Waals surface area contributed by atoms with Crippen LogP contribution in [-0.2, 0) is 16.1 Å². The van der Waals surface area contributed by atoms with Crippen molar-refractivity contribution < 1.29 is 19.4 Å². The standard InChI is InChI=1S/C28H30ClN5O4/c1-17(18-5-3-2-4-6-18)31-26(36)24(16-35)34-15-20-8-7-19(13-22(20)27(34)37)25-23(29)14-30-28(33-25)32-21-9-11-38-12-10-21/h2-8,13-14,17,21,24,35H,9-12,15-16H2,1H3,(H,31,36)(H,30,32,33)/t17-,24?/m1/s1. The molecule has 1 aromatic heterocycles. The summed E-state index contributed by atoms with van der Waals surface area (Å²) in [7, 11) is 0. The fraction of sp³-hybridized carbons (Fsp3) is 0.357. The van der Waals surface area contributed by atoms with Crippen molar-refractivity contribution in [2.45, 2.75) is 44.4 Å². The van der Waals surface area contributed by atoms with Crippen molar-refractivity contribution >= 4 is 29.4 Å². The number of nitrogens with zero attached hydrogens (tertiary/aromatic N) is 3. The Labute approximate surface area is 226 Å². The normalized spacial score (nSPS) is 17.1. The number of hydrogen-bond acceptors (Lipinski definition) is 7. The van der Waals surface area contributed by atoms with Crippen molar-refractivity contribution in [1.82, 2.24) is 20.2 Å². The molecule has 38 heavy (non-hydrogen) atoms. The van der Waals surface area contributed by atoms with Gasteiger partial charge in [0.15, 0.2) is 0 Å². The van der Waals surface area contributed by atoms with Crippen molar-refractivity contribution in [1.29, 1.82) is 0 Å². The number of halogens is 1. The first kappa shape index (κ1) is 26.1. The third kappa shape index (κ3) is 5.50. The summed E-state index contributed by atoms with van der Waals surface area (Å²) in [5.74, 6) is -0.267. The third-order valence-corrected chi connectivity index (χ3v) is 7.30. The first-order valence-electron chi connectivity index (χ1n) is 12.7.